The standard InChI is InChI=1S/C20H22N4OS2/c1-11-8-16-14-6-4-5-7-15(14)19(21-17(16)9-12(11)2)26-10-18(25)22-20-24-23-13(3)27-20/h8-9H,4-7,10H2,1-3H3,(H,22,24,25). The molecule has 3 aromatic rings. The molecule has 0 unspecified atom stereocenters. The first kappa shape index (κ1) is 18.4. The van der Waals surface area contributed by atoms with E-state index in [4.69, 9.17) is 4.98 Å². The van der Waals surface area contributed by atoms with Crippen LogP contribution in [0.2, 0.25) is 0 Å². The first-order chi connectivity index (χ1) is 13.0. The Kier molecular flexibility index (Phi) is 5.14. The Hall–Kier alpha value is -1.99. The van der Waals surface area contributed by atoms with E-state index in [0.717, 1.165) is 28.4 Å². The minimum absolute atomic E-state index is 0.0670. The summed E-state index contributed by atoms with van der Waals surface area (Å²) in [6.07, 6.45) is 4.56. The number of nitrogens with zero attached hydrogens (tertiary/aromatic N) is 3. The van der Waals surface area contributed by atoms with Gasteiger partial charge in [0, 0.05) is 5.39 Å². The van der Waals surface area contributed by atoms with Gasteiger partial charge in [-0.25, -0.2) is 4.98 Å². The first-order valence-corrected chi connectivity index (χ1v) is 11.0. The number of fused-ring (bicyclic) bond motifs is 3. The second kappa shape index (κ2) is 7.56. The van der Waals surface area contributed by atoms with Crippen molar-refractivity contribution in [1.82, 2.24) is 15.2 Å². The average Bonchev–Trinajstić information content (AvgIpc) is 3.06. The van der Waals surface area contributed by atoms with Crippen molar-refractivity contribution in [2.75, 3.05) is 11.1 Å². The molecule has 1 N–H and O–H groups in total. The van der Waals surface area contributed by atoms with E-state index in [0.29, 0.717) is 10.9 Å². The van der Waals surface area contributed by atoms with E-state index in [1.54, 1.807) is 0 Å². The molecule has 2 heterocycles. The molecule has 0 fully saturated rings. The smallest absolute Gasteiger partial charge is 0.236 e. The molecule has 0 saturated carbocycles. The Bertz CT molecular complexity index is 1030. The molecule has 0 atom stereocenters. The Balaban J connectivity index is 1.61. The third kappa shape index (κ3) is 3.84. The fourth-order valence-corrected chi connectivity index (χ4v) is 5.02. The van der Waals surface area contributed by atoms with Crippen LogP contribution < -0.4 is 5.32 Å². The summed E-state index contributed by atoms with van der Waals surface area (Å²) in [6, 6.07) is 4.45. The first-order valence-electron chi connectivity index (χ1n) is 9.16. The molecule has 7 heteroatoms. The van der Waals surface area contributed by atoms with Crippen LogP contribution >= 0.6 is 23.1 Å². The van der Waals surface area contributed by atoms with Crippen LogP contribution in [-0.2, 0) is 17.6 Å². The minimum Gasteiger partial charge on any atom is -0.300 e. The van der Waals surface area contributed by atoms with E-state index in [9.17, 15) is 4.79 Å². The summed E-state index contributed by atoms with van der Waals surface area (Å²) in [5.41, 5.74) is 6.37. The highest BCUT2D eigenvalue weighted by atomic mass is 32.2. The van der Waals surface area contributed by atoms with E-state index < -0.39 is 0 Å². The Morgan fingerprint density at radius 1 is 1.11 bits per heavy atom. The summed E-state index contributed by atoms with van der Waals surface area (Å²) in [6.45, 7) is 6.16. The number of aryl methyl sites for hydroxylation is 4. The molecule has 0 radical (unpaired) electrons. The fraction of sp³-hybridized carbons (Fsp3) is 0.400. The molecule has 0 bridgehead atoms. The number of pyridine rings is 1. The van der Waals surface area contributed by atoms with E-state index in [-0.39, 0.29) is 5.91 Å². The van der Waals surface area contributed by atoms with Gasteiger partial charge in [0.1, 0.15) is 10.0 Å². The molecule has 0 spiro atoms. The van der Waals surface area contributed by atoms with Gasteiger partial charge in [-0.15, -0.1) is 10.2 Å². The topological polar surface area (TPSA) is 67.8 Å². The molecule has 1 amide bonds. The van der Waals surface area contributed by atoms with Gasteiger partial charge in [-0.1, -0.05) is 23.1 Å². The third-order valence-electron chi connectivity index (χ3n) is 5.00. The number of thioether (sulfide) groups is 1. The second-order valence-electron chi connectivity index (χ2n) is 7.00. The molecule has 5 nitrogen and oxygen atoms in total. The minimum atomic E-state index is -0.0670. The molecule has 1 aliphatic rings. The maximum atomic E-state index is 12.3. The highest BCUT2D eigenvalue weighted by Crippen LogP contribution is 2.35. The molecule has 0 saturated heterocycles. The number of hydrogen-bond donors (Lipinski definition) is 1. The monoisotopic (exact) mass is 398 g/mol. The zero-order valence-corrected chi connectivity index (χ0v) is 17.4. The average molecular weight is 399 g/mol. The van der Waals surface area contributed by atoms with Crippen molar-refractivity contribution in [3.8, 4) is 0 Å². The summed E-state index contributed by atoms with van der Waals surface area (Å²) in [5.74, 6) is 0.261. The molecular formula is C20H22N4OS2. The number of anilines is 1. The SMILES string of the molecule is Cc1nnc(NC(=O)CSc2nc3cc(C)c(C)cc3c3c2CCCC3)s1. The van der Waals surface area contributed by atoms with Crippen LogP contribution in [0.25, 0.3) is 10.9 Å². The molecule has 0 aliphatic heterocycles. The Labute approximate surface area is 167 Å². The van der Waals surface area contributed by atoms with E-state index in [1.165, 1.54) is 63.6 Å². The van der Waals surface area contributed by atoms with Crippen molar-refractivity contribution in [2.24, 2.45) is 0 Å². The van der Waals surface area contributed by atoms with E-state index in [1.807, 2.05) is 6.92 Å². The van der Waals surface area contributed by atoms with Crippen LogP contribution in [0.4, 0.5) is 5.13 Å². The predicted molar refractivity (Wildman–Crippen MR) is 112 cm³/mol. The van der Waals surface area contributed by atoms with Gasteiger partial charge >= 0.3 is 0 Å². The van der Waals surface area contributed by atoms with Crippen molar-refractivity contribution >= 4 is 45.0 Å². The number of hydrogen-bond acceptors (Lipinski definition) is 6. The zero-order chi connectivity index (χ0) is 19.0. The Morgan fingerprint density at radius 2 is 1.85 bits per heavy atom. The van der Waals surface area contributed by atoms with Crippen molar-refractivity contribution in [3.63, 3.8) is 0 Å². The lowest BCUT2D eigenvalue weighted by molar-refractivity contribution is -0.113. The van der Waals surface area contributed by atoms with Crippen molar-refractivity contribution in [1.29, 1.82) is 0 Å². The van der Waals surface area contributed by atoms with Gasteiger partial charge in [0.05, 0.1) is 11.3 Å². The van der Waals surface area contributed by atoms with Gasteiger partial charge < -0.3 is 0 Å². The lowest BCUT2D eigenvalue weighted by Crippen LogP contribution is -2.15. The lowest BCUT2D eigenvalue weighted by atomic mass is 9.89. The van der Waals surface area contributed by atoms with Crippen LogP contribution in [-0.4, -0.2) is 26.8 Å². The highest BCUT2D eigenvalue weighted by molar-refractivity contribution is 8.00. The van der Waals surface area contributed by atoms with Crippen LogP contribution in [0, 0.1) is 20.8 Å². The van der Waals surface area contributed by atoms with Gasteiger partial charge in [0.25, 0.3) is 0 Å². The van der Waals surface area contributed by atoms with Crippen LogP contribution in [0.3, 0.4) is 0 Å². The second-order valence-corrected chi connectivity index (χ2v) is 9.14. The number of benzene rings is 1. The zero-order valence-electron chi connectivity index (χ0n) is 15.8. The summed E-state index contributed by atoms with van der Waals surface area (Å²) in [5, 5.41) is 14.4. The van der Waals surface area contributed by atoms with Crippen molar-refractivity contribution < 1.29 is 4.79 Å². The molecule has 1 aromatic carbocycles. The molecule has 4 rings (SSSR count). The van der Waals surface area contributed by atoms with Crippen molar-refractivity contribution in [2.45, 2.75) is 51.5 Å². The van der Waals surface area contributed by atoms with E-state index in [2.05, 4.69) is 41.5 Å². The maximum Gasteiger partial charge on any atom is 0.236 e. The van der Waals surface area contributed by atoms with Gasteiger partial charge in [0.2, 0.25) is 11.0 Å². The van der Waals surface area contributed by atoms with Gasteiger partial charge in [-0.3, -0.25) is 10.1 Å². The fourth-order valence-electron chi connectivity index (χ4n) is 3.51. The van der Waals surface area contributed by atoms with Gasteiger partial charge in [-0.05, 0) is 80.8 Å². The summed E-state index contributed by atoms with van der Waals surface area (Å²) >= 11 is 2.91. The number of amides is 1. The van der Waals surface area contributed by atoms with Gasteiger partial charge in [0.15, 0.2) is 0 Å². The normalized spacial score (nSPS) is 13.6. The predicted octanol–water partition coefficient (Wildman–Crippen LogP) is 4.62. The maximum absolute atomic E-state index is 12.3. The lowest BCUT2D eigenvalue weighted by Gasteiger charge is -2.21. The summed E-state index contributed by atoms with van der Waals surface area (Å²) < 4.78 is 0. The number of carbonyl (C=O) groups is 1. The molecule has 27 heavy (non-hydrogen) atoms. The largest absolute Gasteiger partial charge is 0.300 e. The van der Waals surface area contributed by atoms with E-state index >= 15 is 0 Å². The molecular weight excluding hydrogens is 376 g/mol. The quantitative estimate of drug-likeness (QED) is 0.650. The number of carbonyl (C=O) groups excluding carboxylic acids is 1. The molecule has 1 aliphatic carbocycles. The Morgan fingerprint density at radius 3 is 2.59 bits per heavy atom. The number of aromatic nitrogens is 3. The third-order valence-corrected chi connectivity index (χ3v) is 6.77. The van der Waals surface area contributed by atoms with Crippen LogP contribution in [0.15, 0.2) is 17.2 Å². The molecule has 140 valence electrons. The van der Waals surface area contributed by atoms with Crippen LogP contribution in [0.1, 0.15) is 40.1 Å². The van der Waals surface area contributed by atoms with Gasteiger partial charge in [-0.2, -0.15) is 0 Å². The highest BCUT2D eigenvalue weighted by Gasteiger charge is 2.20. The van der Waals surface area contributed by atoms with Crippen molar-refractivity contribution in [3.05, 3.63) is 39.4 Å². The summed E-state index contributed by atoms with van der Waals surface area (Å²) in [7, 11) is 0. The summed E-state index contributed by atoms with van der Waals surface area (Å²) in [4.78, 5) is 17.2. The molecule has 2 aromatic heterocycles. The van der Waals surface area contributed by atoms with Crippen LogP contribution in [0.5, 0.6) is 0 Å². The number of rotatable bonds is 4. The number of nitrogens with one attached hydrogen (secondary N) is 1.